The first-order valence-corrected chi connectivity index (χ1v) is 10.6. The molecule has 22 heavy (non-hydrogen) atoms. The largest absolute Gasteiger partial charge is 0.328 e. The molecule has 1 rings (SSSR count). The lowest BCUT2D eigenvalue weighted by atomic mass is 9.75. The molecule has 0 heterocycles. The quantitative estimate of drug-likeness (QED) is 0.528. The van der Waals surface area contributed by atoms with Crippen LogP contribution < -0.4 is 0 Å². The van der Waals surface area contributed by atoms with Gasteiger partial charge in [-0.3, -0.25) is 0 Å². The van der Waals surface area contributed by atoms with Crippen LogP contribution in [0.5, 0.6) is 0 Å². The molecule has 4 heteroatoms. The Bertz CT molecular complexity index is 281. The second kappa shape index (κ2) is 10.2. The highest BCUT2D eigenvalue weighted by Crippen LogP contribution is 2.50. The van der Waals surface area contributed by atoms with E-state index < -0.39 is 8.45 Å². The third kappa shape index (κ3) is 5.44. The summed E-state index contributed by atoms with van der Waals surface area (Å²) in [5.74, 6) is 2.26. The average Bonchev–Trinajstić information content (AvgIpc) is 2.49. The van der Waals surface area contributed by atoms with Gasteiger partial charge in [-0.1, -0.05) is 54.9 Å². The van der Waals surface area contributed by atoms with Crippen LogP contribution in [0.15, 0.2) is 0 Å². The fourth-order valence-electron chi connectivity index (χ4n) is 3.60. The van der Waals surface area contributed by atoms with E-state index in [2.05, 4.69) is 57.8 Å². The maximum Gasteiger partial charge on any atom is 0.188 e. The van der Waals surface area contributed by atoms with Gasteiger partial charge in [0.2, 0.25) is 0 Å². The van der Waals surface area contributed by atoms with Crippen LogP contribution in [-0.4, -0.2) is 41.6 Å². The molecule has 0 amide bonds. The van der Waals surface area contributed by atoms with Crippen molar-refractivity contribution in [2.45, 2.75) is 73.8 Å². The van der Waals surface area contributed by atoms with E-state index in [0.29, 0.717) is 6.10 Å². The maximum absolute atomic E-state index is 6.84. The van der Waals surface area contributed by atoms with Gasteiger partial charge >= 0.3 is 0 Å². The van der Waals surface area contributed by atoms with Crippen molar-refractivity contribution in [3.05, 3.63) is 0 Å². The van der Waals surface area contributed by atoms with E-state index in [0.717, 1.165) is 43.9 Å². The zero-order chi connectivity index (χ0) is 16.7. The van der Waals surface area contributed by atoms with Crippen molar-refractivity contribution in [3.8, 4) is 0 Å². The smallest absolute Gasteiger partial charge is 0.188 e. The first-order valence-electron chi connectivity index (χ1n) is 9.44. The summed E-state index contributed by atoms with van der Waals surface area (Å²) in [6, 6.07) is 0. The van der Waals surface area contributed by atoms with Gasteiger partial charge in [0.05, 0.1) is 6.10 Å². The SMILES string of the molecule is CCN(CC)P(O[C@@H]1C[C@H](C)CC[C@H]1C(C)C)N(CC)CC. The van der Waals surface area contributed by atoms with Gasteiger partial charge in [0.1, 0.15) is 0 Å². The Morgan fingerprint density at radius 3 is 1.86 bits per heavy atom. The fraction of sp³-hybridized carbons (Fsp3) is 1.00. The Kier molecular flexibility index (Phi) is 9.47. The van der Waals surface area contributed by atoms with Crippen LogP contribution in [0.2, 0.25) is 0 Å². The highest BCUT2D eigenvalue weighted by atomic mass is 31.2. The molecule has 1 saturated carbocycles. The predicted octanol–water partition coefficient (Wildman–Crippen LogP) is 5.37. The molecular formula is C18H39N2OP. The lowest BCUT2D eigenvalue weighted by molar-refractivity contribution is 0.0424. The average molecular weight is 330 g/mol. The summed E-state index contributed by atoms with van der Waals surface area (Å²) in [7, 11) is -0.615. The molecule has 1 aliphatic rings. The lowest BCUT2D eigenvalue weighted by Gasteiger charge is -2.43. The molecule has 0 aromatic carbocycles. The van der Waals surface area contributed by atoms with E-state index in [4.69, 9.17) is 4.52 Å². The molecule has 3 atom stereocenters. The molecule has 0 bridgehead atoms. The molecule has 0 N–H and O–H groups in total. The molecule has 1 fully saturated rings. The molecule has 0 saturated heterocycles. The van der Waals surface area contributed by atoms with Gasteiger partial charge in [0, 0.05) is 26.2 Å². The van der Waals surface area contributed by atoms with Crippen molar-refractivity contribution >= 4 is 8.45 Å². The summed E-state index contributed by atoms with van der Waals surface area (Å²) in [5, 5.41) is 0. The van der Waals surface area contributed by atoms with Crippen LogP contribution in [0.1, 0.15) is 67.7 Å². The summed E-state index contributed by atoms with van der Waals surface area (Å²) in [6.07, 6.45) is 4.39. The monoisotopic (exact) mass is 330 g/mol. The Labute approximate surface area is 140 Å². The van der Waals surface area contributed by atoms with Gasteiger partial charge < -0.3 is 4.52 Å². The molecule has 1 aliphatic carbocycles. The highest BCUT2D eigenvalue weighted by Gasteiger charge is 2.35. The first-order chi connectivity index (χ1) is 10.5. The number of nitrogens with zero attached hydrogens (tertiary/aromatic N) is 2. The van der Waals surface area contributed by atoms with Crippen molar-refractivity contribution in [1.29, 1.82) is 0 Å². The van der Waals surface area contributed by atoms with Gasteiger partial charge in [0.15, 0.2) is 8.45 Å². The minimum Gasteiger partial charge on any atom is -0.328 e. The van der Waals surface area contributed by atoms with Gasteiger partial charge in [-0.2, -0.15) is 0 Å². The van der Waals surface area contributed by atoms with Gasteiger partial charge in [-0.25, -0.2) is 9.34 Å². The molecule has 0 radical (unpaired) electrons. The van der Waals surface area contributed by atoms with Crippen molar-refractivity contribution in [2.24, 2.45) is 17.8 Å². The molecule has 0 unspecified atom stereocenters. The Morgan fingerprint density at radius 1 is 0.955 bits per heavy atom. The first kappa shape index (κ1) is 20.4. The topological polar surface area (TPSA) is 15.7 Å². The third-order valence-electron chi connectivity index (χ3n) is 5.14. The molecule has 0 aromatic heterocycles. The van der Waals surface area contributed by atoms with E-state index in [1.165, 1.54) is 19.3 Å². The Hall–Kier alpha value is 0.310. The lowest BCUT2D eigenvalue weighted by Crippen LogP contribution is -2.38. The van der Waals surface area contributed by atoms with Gasteiger partial charge in [-0.15, -0.1) is 0 Å². The predicted molar refractivity (Wildman–Crippen MR) is 99.0 cm³/mol. The van der Waals surface area contributed by atoms with E-state index in [-0.39, 0.29) is 0 Å². The number of hydrogen-bond donors (Lipinski definition) is 0. The zero-order valence-electron chi connectivity index (χ0n) is 16.0. The second-order valence-electron chi connectivity index (χ2n) is 7.00. The van der Waals surface area contributed by atoms with Crippen LogP contribution in [0.4, 0.5) is 0 Å². The minimum atomic E-state index is -0.615. The fourth-order valence-corrected chi connectivity index (χ4v) is 5.68. The van der Waals surface area contributed by atoms with Gasteiger partial charge in [0.25, 0.3) is 0 Å². The van der Waals surface area contributed by atoms with Gasteiger partial charge in [-0.05, 0) is 30.6 Å². The van der Waals surface area contributed by atoms with Crippen molar-refractivity contribution in [3.63, 3.8) is 0 Å². The number of hydrogen-bond acceptors (Lipinski definition) is 3. The molecular weight excluding hydrogens is 291 g/mol. The zero-order valence-corrected chi connectivity index (χ0v) is 16.9. The molecule has 0 aromatic rings. The summed E-state index contributed by atoms with van der Waals surface area (Å²) in [4.78, 5) is 0. The van der Waals surface area contributed by atoms with Crippen LogP contribution >= 0.6 is 8.45 Å². The summed E-state index contributed by atoms with van der Waals surface area (Å²) in [6.45, 7) is 20.5. The van der Waals surface area contributed by atoms with E-state index in [1.54, 1.807) is 0 Å². The third-order valence-corrected chi connectivity index (χ3v) is 7.69. The van der Waals surface area contributed by atoms with E-state index >= 15 is 0 Å². The molecule has 0 aliphatic heterocycles. The standard InChI is InChI=1S/C18H39N2OP/c1-8-19(9-2)22(20(10-3)11-4)21-18-14-16(7)12-13-17(18)15(5)6/h15-18H,8-14H2,1-7H3/t16-,17+,18-/m1/s1. The van der Waals surface area contributed by atoms with Crippen molar-refractivity contribution in [1.82, 2.24) is 9.34 Å². The second-order valence-corrected chi connectivity index (χ2v) is 8.85. The summed E-state index contributed by atoms with van der Waals surface area (Å²) >= 11 is 0. The molecule has 132 valence electrons. The summed E-state index contributed by atoms with van der Waals surface area (Å²) in [5.41, 5.74) is 0. The van der Waals surface area contributed by atoms with E-state index in [1.807, 2.05) is 0 Å². The van der Waals surface area contributed by atoms with Crippen molar-refractivity contribution < 1.29 is 4.52 Å². The van der Waals surface area contributed by atoms with Crippen molar-refractivity contribution in [2.75, 3.05) is 26.2 Å². The number of rotatable bonds is 9. The summed E-state index contributed by atoms with van der Waals surface area (Å²) < 4.78 is 11.9. The normalized spacial score (nSPS) is 26.6. The minimum absolute atomic E-state index is 0.441. The van der Waals surface area contributed by atoms with Crippen LogP contribution in [0.3, 0.4) is 0 Å². The van der Waals surface area contributed by atoms with Crippen LogP contribution in [0.25, 0.3) is 0 Å². The van der Waals surface area contributed by atoms with E-state index in [9.17, 15) is 0 Å². The highest BCUT2D eigenvalue weighted by molar-refractivity contribution is 7.47. The molecule has 0 spiro atoms. The van der Waals surface area contributed by atoms with Crippen LogP contribution in [0, 0.1) is 17.8 Å². The Balaban J connectivity index is 2.88. The van der Waals surface area contributed by atoms with Crippen LogP contribution in [-0.2, 0) is 4.52 Å². The maximum atomic E-state index is 6.84. The molecule has 3 nitrogen and oxygen atoms in total. The Morgan fingerprint density at radius 2 is 1.45 bits per heavy atom.